The zero-order valence-electron chi connectivity index (χ0n) is 8.92. The Balaban J connectivity index is 2.31. The Morgan fingerprint density at radius 1 is 1.24 bits per heavy atom. The minimum absolute atomic E-state index is 0.198. The van der Waals surface area contributed by atoms with Crippen LogP contribution in [0.15, 0.2) is 33.8 Å². The molecular weight excluding hydrogens is 264 g/mol. The summed E-state index contributed by atoms with van der Waals surface area (Å²) in [5, 5.41) is 7.58. The first kappa shape index (κ1) is 12.1. The van der Waals surface area contributed by atoms with Crippen molar-refractivity contribution in [2.24, 2.45) is 0 Å². The number of nitrogens with zero attached hydrogens (tertiary/aromatic N) is 2. The monoisotopic (exact) mass is 272 g/mol. The van der Waals surface area contributed by atoms with E-state index in [1.54, 1.807) is 6.92 Å². The van der Waals surface area contributed by atoms with Gasteiger partial charge in [-0.05, 0) is 31.2 Å². The molecule has 90 valence electrons. The van der Waals surface area contributed by atoms with Crippen LogP contribution >= 0.6 is 11.6 Å². The quantitative estimate of drug-likeness (QED) is 0.854. The van der Waals surface area contributed by atoms with Crippen LogP contribution < -0.4 is 0 Å². The zero-order chi connectivity index (χ0) is 12.5. The van der Waals surface area contributed by atoms with E-state index >= 15 is 0 Å². The molecule has 7 heteroatoms. The molecule has 0 saturated carbocycles. The molecule has 2 aromatic rings. The zero-order valence-corrected chi connectivity index (χ0v) is 10.5. The van der Waals surface area contributed by atoms with Crippen molar-refractivity contribution >= 4 is 21.4 Å². The van der Waals surface area contributed by atoms with E-state index in [-0.39, 0.29) is 10.6 Å². The van der Waals surface area contributed by atoms with Crippen LogP contribution in [0.1, 0.15) is 11.4 Å². The molecule has 17 heavy (non-hydrogen) atoms. The maximum atomic E-state index is 12.0. The summed E-state index contributed by atoms with van der Waals surface area (Å²) in [5.41, 5.74) is 0.794. The normalized spacial score (nSPS) is 11.6. The van der Waals surface area contributed by atoms with E-state index in [9.17, 15) is 8.42 Å². The van der Waals surface area contributed by atoms with Gasteiger partial charge >= 0.3 is 0 Å². The first-order valence-electron chi connectivity index (χ1n) is 4.75. The Labute approximate surface area is 103 Å². The van der Waals surface area contributed by atoms with Crippen LogP contribution in [-0.2, 0) is 15.6 Å². The fraction of sp³-hybridized carbons (Fsp3) is 0.200. The summed E-state index contributed by atoms with van der Waals surface area (Å²) in [6.45, 7) is 1.64. The second kappa shape index (κ2) is 4.46. The molecule has 0 fully saturated rings. The summed E-state index contributed by atoms with van der Waals surface area (Å²) in [6.07, 6.45) is 0. The van der Waals surface area contributed by atoms with Gasteiger partial charge < -0.3 is 0 Å². The number of halogens is 1. The first-order valence-corrected chi connectivity index (χ1v) is 6.78. The predicted molar refractivity (Wildman–Crippen MR) is 61.4 cm³/mol. The molecule has 0 unspecified atom stereocenters. The van der Waals surface area contributed by atoms with E-state index < -0.39 is 9.84 Å². The molecule has 0 radical (unpaired) electrons. The minimum atomic E-state index is -3.44. The Bertz CT molecular complexity index is 619. The van der Waals surface area contributed by atoms with Crippen LogP contribution in [0, 0.1) is 6.92 Å². The molecule has 0 aliphatic heterocycles. The lowest BCUT2D eigenvalue weighted by Gasteiger charge is -2.02. The molecule has 1 aromatic carbocycles. The second-order valence-corrected chi connectivity index (χ2v) is 5.94. The van der Waals surface area contributed by atoms with E-state index in [4.69, 9.17) is 11.6 Å². The van der Waals surface area contributed by atoms with Crippen molar-refractivity contribution in [1.82, 2.24) is 10.3 Å². The average Bonchev–Trinajstić information content (AvgIpc) is 2.64. The Morgan fingerprint density at radius 3 is 2.41 bits per heavy atom. The summed E-state index contributed by atoms with van der Waals surface area (Å²) in [5.74, 6) is -0.232. The Morgan fingerprint density at radius 2 is 1.88 bits per heavy atom. The van der Waals surface area contributed by atoms with Gasteiger partial charge in [0.2, 0.25) is 0 Å². The summed E-state index contributed by atoms with van der Waals surface area (Å²) >= 11 is 5.70. The molecule has 0 bridgehead atoms. The van der Waals surface area contributed by atoms with Crippen LogP contribution in [0.2, 0.25) is 5.02 Å². The van der Waals surface area contributed by atoms with Gasteiger partial charge in [0.15, 0.2) is 9.84 Å². The van der Waals surface area contributed by atoms with Gasteiger partial charge in [0.1, 0.15) is 17.1 Å². The molecule has 0 aliphatic rings. The number of benzene rings is 1. The van der Waals surface area contributed by atoms with Crippen molar-refractivity contribution in [3.8, 4) is 0 Å². The fourth-order valence-corrected chi connectivity index (χ4v) is 2.75. The van der Waals surface area contributed by atoms with Gasteiger partial charge in [0.25, 0.3) is 0 Å². The highest BCUT2D eigenvalue weighted by Gasteiger charge is 2.19. The van der Waals surface area contributed by atoms with Crippen molar-refractivity contribution in [3.05, 3.63) is 40.7 Å². The standard InChI is InChI=1S/C10H9ClN2O3S/c1-7-10(13-16-12-7)6-17(14,15)9-4-2-8(11)3-5-9/h2-5H,6H2,1H3. The van der Waals surface area contributed by atoms with Crippen LogP contribution in [0.3, 0.4) is 0 Å². The first-order chi connectivity index (χ1) is 7.99. The summed E-state index contributed by atoms with van der Waals surface area (Å²) in [6, 6.07) is 5.98. The molecule has 0 spiro atoms. The predicted octanol–water partition coefficient (Wildman–Crippen LogP) is 2.01. The van der Waals surface area contributed by atoms with Gasteiger partial charge in [-0.2, -0.15) is 0 Å². The lowest BCUT2D eigenvalue weighted by atomic mass is 10.4. The Hall–Kier alpha value is -1.40. The fourth-order valence-electron chi connectivity index (χ4n) is 1.29. The number of aryl methyl sites for hydroxylation is 1. The van der Waals surface area contributed by atoms with Crippen LogP contribution in [0.4, 0.5) is 0 Å². The molecule has 1 aromatic heterocycles. The molecule has 5 nitrogen and oxygen atoms in total. The topological polar surface area (TPSA) is 73.1 Å². The summed E-state index contributed by atoms with van der Waals surface area (Å²) in [7, 11) is -3.44. The van der Waals surface area contributed by atoms with Gasteiger partial charge in [-0.25, -0.2) is 13.0 Å². The molecule has 0 atom stereocenters. The largest absolute Gasteiger partial charge is 0.244 e. The molecule has 0 N–H and O–H groups in total. The third-order valence-electron chi connectivity index (χ3n) is 2.25. The lowest BCUT2D eigenvalue weighted by Crippen LogP contribution is -2.06. The van der Waals surface area contributed by atoms with E-state index in [1.807, 2.05) is 0 Å². The van der Waals surface area contributed by atoms with Gasteiger partial charge in [0.05, 0.1) is 4.90 Å². The summed E-state index contributed by atoms with van der Waals surface area (Å²) < 4.78 is 28.5. The van der Waals surface area contributed by atoms with E-state index in [2.05, 4.69) is 14.9 Å². The van der Waals surface area contributed by atoms with E-state index in [0.29, 0.717) is 16.4 Å². The van der Waals surface area contributed by atoms with Gasteiger partial charge in [-0.1, -0.05) is 21.9 Å². The van der Waals surface area contributed by atoms with Crippen molar-refractivity contribution in [2.75, 3.05) is 0 Å². The molecular formula is C10H9ClN2O3S. The summed E-state index contributed by atoms with van der Waals surface area (Å²) in [4.78, 5) is 0.198. The van der Waals surface area contributed by atoms with Crippen LogP contribution in [0.25, 0.3) is 0 Å². The Kier molecular flexibility index (Phi) is 3.17. The van der Waals surface area contributed by atoms with Gasteiger partial charge in [-0.3, -0.25) is 0 Å². The number of hydrogen-bond donors (Lipinski definition) is 0. The van der Waals surface area contributed by atoms with Crippen molar-refractivity contribution in [2.45, 2.75) is 17.6 Å². The number of aromatic nitrogens is 2. The van der Waals surface area contributed by atoms with Crippen LogP contribution in [0.5, 0.6) is 0 Å². The lowest BCUT2D eigenvalue weighted by molar-refractivity contribution is 0.302. The third-order valence-corrected chi connectivity index (χ3v) is 4.14. The van der Waals surface area contributed by atoms with Crippen molar-refractivity contribution < 1.29 is 13.0 Å². The SMILES string of the molecule is Cc1nonc1CS(=O)(=O)c1ccc(Cl)cc1. The molecule has 0 aliphatic carbocycles. The molecule has 1 heterocycles. The molecule has 0 saturated heterocycles. The number of rotatable bonds is 3. The van der Waals surface area contributed by atoms with Gasteiger partial charge in [0, 0.05) is 5.02 Å². The maximum absolute atomic E-state index is 12.0. The molecule has 2 rings (SSSR count). The highest BCUT2D eigenvalue weighted by Crippen LogP contribution is 2.18. The number of hydrogen-bond acceptors (Lipinski definition) is 5. The molecule has 0 amide bonds. The van der Waals surface area contributed by atoms with Crippen molar-refractivity contribution in [3.63, 3.8) is 0 Å². The van der Waals surface area contributed by atoms with E-state index in [0.717, 1.165) is 0 Å². The van der Waals surface area contributed by atoms with Gasteiger partial charge in [-0.15, -0.1) is 0 Å². The minimum Gasteiger partial charge on any atom is -0.244 e. The van der Waals surface area contributed by atoms with Crippen LogP contribution in [-0.4, -0.2) is 18.7 Å². The second-order valence-electron chi connectivity index (χ2n) is 3.51. The van der Waals surface area contributed by atoms with E-state index in [1.165, 1.54) is 24.3 Å². The van der Waals surface area contributed by atoms with Crippen molar-refractivity contribution in [1.29, 1.82) is 0 Å². The number of sulfone groups is 1. The third kappa shape index (κ3) is 2.65. The highest BCUT2D eigenvalue weighted by atomic mass is 35.5. The highest BCUT2D eigenvalue weighted by molar-refractivity contribution is 7.90. The average molecular weight is 273 g/mol. The maximum Gasteiger partial charge on any atom is 0.184 e. The smallest absolute Gasteiger partial charge is 0.184 e.